The fourth-order valence-electron chi connectivity index (χ4n) is 8.93. The smallest absolute Gasteiger partial charge is 0.318 e. The fraction of sp³-hybridized carbons (Fsp3) is 0.538. The molecular weight excluding hydrogens is 666 g/mol. The van der Waals surface area contributed by atoms with Gasteiger partial charge in [-0.1, -0.05) is 26.8 Å². The Labute approximate surface area is 303 Å². The Morgan fingerprint density at radius 3 is 2.75 bits per heavy atom. The van der Waals surface area contributed by atoms with E-state index in [2.05, 4.69) is 14.7 Å². The van der Waals surface area contributed by atoms with Gasteiger partial charge in [0.15, 0.2) is 5.82 Å². The number of amides is 1. The number of aryl methyl sites for hydroxylation is 2. The molecule has 4 aliphatic rings. The third-order valence-electron chi connectivity index (χ3n) is 11.5. The number of carbonyl (C=O) groups is 1. The number of alkyl halides is 1. The summed E-state index contributed by atoms with van der Waals surface area (Å²) in [5.74, 6) is 1.17. The van der Waals surface area contributed by atoms with Gasteiger partial charge in [0, 0.05) is 74.3 Å². The second-order valence-corrected chi connectivity index (χ2v) is 15.3. The SMILES string of the molecule is CCc1c(F)ccc2cc(O)cc(N3CCc4c(nc(OC[C@@]56CCCN5C[C@H](F)C6)nc4N4CCCn5nc(N(C)C(=O)C(C)C)cc5C4)C3)c12. The maximum Gasteiger partial charge on any atom is 0.318 e. The van der Waals surface area contributed by atoms with E-state index in [9.17, 15) is 14.3 Å². The lowest BCUT2D eigenvalue weighted by Crippen LogP contribution is -2.43. The van der Waals surface area contributed by atoms with Crippen LogP contribution >= 0.6 is 0 Å². The summed E-state index contributed by atoms with van der Waals surface area (Å²) in [7, 11) is 1.77. The molecule has 276 valence electrons. The molecule has 0 aliphatic carbocycles. The average Bonchev–Trinajstić information content (AvgIpc) is 3.76. The number of phenols is 1. The summed E-state index contributed by atoms with van der Waals surface area (Å²) >= 11 is 0. The molecule has 2 fully saturated rings. The van der Waals surface area contributed by atoms with E-state index >= 15 is 4.39 Å². The number of nitrogens with zero attached hydrogens (tertiary/aromatic N) is 8. The third-order valence-corrected chi connectivity index (χ3v) is 11.5. The van der Waals surface area contributed by atoms with Gasteiger partial charge in [0.05, 0.1) is 30.0 Å². The van der Waals surface area contributed by atoms with Crippen molar-refractivity contribution in [2.24, 2.45) is 5.92 Å². The second-order valence-electron chi connectivity index (χ2n) is 15.3. The van der Waals surface area contributed by atoms with Gasteiger partial charge in [0.2, 0.25) is 5.91 Å². The average molecular weight is 715 g/mol. The van der Waals surface area contributed by atoms with Gasteiger partial charge < -0.3 is 19.6 Å². The number of benzene rings is 2. The Morgan fingerprint density at radius 1 is 1.10 bits per heavy atom. The summed E-state index contributed by atoms with van der Waals surface area (Å²) in [6.45, 7) is 10.4. The highest BCUT2D eigenvalue weighted by Crippen LogP contribution is 2.42. The summed E-state index contributed by atoms with van der Waals surface area (Å²) in [6.07, 6.45) is 3.45. The fourth-order valence-corrected chi connectivity index (χ4v) is 8.93. The van der Waals surface area contributed by atoms with Crippen LogP contribution in [0.3, 0.4) is 0 Å². The van der Waals surface area contributed by atoms with Crippen molar-refractivity contribution >= 4 is 34.0 Å². The molecule has 2 aromatic heterocycles. The minimum absolute atomic E-state index is 0.0104. The molecule has 8 rings (SSSR count). The molecule has 13 heteroatoms. The van der Waals surface area contributed by atoms with Gasteiger partial charge in [-0.05, 0) is 61.7 Å². The van der Waals surface area contributed by atoms with Crippen molar-refractivity contribution in [2.45, 2.75) is 90.6 Å². The summed E-state index contributed by atoms with van der Waals surface area (Å²) in [5.41, 5.74) is 3.87. The van der Waals surface area contributed by atoms with Crippen molar-refractivity contribution in [2.75, 3.05) is 54.5 Å². The van der Waals surface area contributed by atoms with Gasteiger partial charge in [-0.3, -0.25) is 19.3 Å². The van der Waals surface area contributed by atoms with Crippen molar-refractivity contribution in [3.8, 4) is 11.8 Å². The van der Waals surface area contributed by atoms with Crippen LogP contribution in [0.25, 0.3) is 10.8 Å². The predicted molar refractivity (Wildman–Crippen MR) is 196 cm³/mol. The van der Waals surface area contributed by atoms with Crippen LogP contribution in [0.1, 0.15) is 69.0 Å². The zero-order valence-corrected chi connectivity index (χ0v) is 30.5. The van der Waals surface area contributed by atoms with E-state index in [4.69, 9.17) is 19.8 Å². The number of anilines is 3. The second kappa shape index (κ2) is 13.5. The first-order chi connectivity index (χ1) is 25.0. The highest BCUT2D eigenvalue weighted by molar-refractivity contribution is 5.98. The Morgan fingerprint density at radius 2 is 1.94 bits per heavy atom. The summed E-state index contributed by atoms with van der Waals surface area (Å²) in [4.78, 5) is 31.2. The molecule has 4 aromatic rings. The largest absolute Gasteiger partial charge is 0.508 e. The predicted octanol–water partition coefficient (Wildman–Crippen LogP) is 5.78. The molecule has 11 nitrogen and oxygen atoms in total. The van der Waals surface area contributed by atoms with E-state index in [-0.39, 0.29) is 34.9 Å². The van der Waals surface area contributed by atoms with E-state index < -0.39 is 6.17 Å². The Bertz CT molecular complexity index is 2020. The van der Waals surface area contributed by atoms with Gasteiger partial charge in [0.1, 0.15) is 30.2 Å². The van der Waals surface area contributed by atoms with Gasteiger partial charge in [0.25, 0.3) is 0 Å². The van der Waals surface area contributed by atoms with Crippen molar-refractivity contribution in [3.05, 3.63) is 58.7 Å². The maximum atomic E-state index is 15.1. The number of hydrogen-bond acceptors (Lipinski definition) is 9. The van der Waals surface area contributed by atoms with Crippen molar-refractivity contribution in [3.63, 3.8) is 0 Å². The van der Waals surface area contributed by atoms with Crippen LogP contribution < -0.4 is 19.4 Å². The van der Waals surface area contributed by atoms with Crippen LogP contribution in [0.15, 0.2) is 30.3 Å². The number of rotatable bonds is 8. The molecule has 0 unspecified atom stereocenters. The molecule has 2 saturated heterocycles. The van der Waals surface area contributed by atoms with E-state index in [1.54, 1.807) is 30.1 Å². The number of ether oxygens (including phenoxy) is 1. The quantitative estimate of drug-likeness (QED) is 0.243. The number of aromatic nitrogens is 4. The molecule has 2 atom stereocenters. The van der Waals surface area contributed by atoms with Crippen LogP contribution in [0.4, 0.5) is 26.1 Å². The highest BCUT2D eigenvalue weighted by atomic mass is 19.1. The molecule has 0 bridgehead atoms. The lowest BCUT2D eigenvalue weighted by Gasteiger charge is -2.35. The third kappa shape index (κ3) is 6.10. The van der Waals surface area contributed by atoms with E-state index in [0.29, 0.717) is 70.0 Å². The van der Waals surface area contributed by atoms with Crippen LogP contribution in [-0.4, -0.2) is 87.2 Å². The normalized spacial score (nSPS) is 21.7. The van der Waals surface area contributed by atoms with Crippen molar-refractivity contribution in [1.29, 1.82) is 0 Å². The van der Waals surface area contributed by atoms with Gasteiger partial charge in [-0.2, -0.15) is 15.1 Å². The molecule has 4 aliphatic heterocycles. The van der Waals surface area contributed by atoms with Gasteiger partial charge in [-0.25, -0.2) is 8.78 Å². The lowest BCUT2D eigenvalue weighted by atomic mass is 9.95. The Kier molecular flexibility index (Phi) is 8.95. The molecule has 0 radical (unpaired) electrons. The van der Waals surface area contributed by atoms with Crippen LogP contribution in [-0.2, 0) is 37.3 Å². The number of aromatic hydroxyl groups is 1. The molecule has 2 aromatic carbocycles. The number of fused-ring (bicyclic) bond motifs is 4. The number of halogens is 2. The standard InChI is InChI=1S/C39H48F2N8O3/c1-5-29-31(41)9-8-25-16-28(50)18-33(35(25)29)46-15-10-30-32(22-46)42-38(52-23-39-11-6-13-48(39)20-26(40)19-39)43-36(30)47-12-7-14-49-27(21-47)17-34(44-49)45(4)37(51)24(2)3/h8-9,16-18,24,26,50H,5-7,10-15,19-23H2,1-4H3/t26-,39+/m1/s1. The minimum Gasteiger partial charge on any atom is -0.508 e. The zero-order valence-electron chi connectivity index (χ0n) is 30.5. The molecule has 6 heterocycles. The lowest BCUT2D eigenvalue weighted by molar-refractivity contribution is -0.121. The molecular formula is C39H48F2N8O3. The van der Waals surface area contributed by atoms with Crippen molar-refractivity contribution in [1.82, 2.24) is 24.6 Å². The van der Waals surface area contributed by atoms with Gasteiger partial charge in [-0.15, -0.1) is 0 Å². The Hall–Kier alpha value is -4.52. The molecule has 1 N–H and O–H groups in total. The minimum atomic E-state index is -0.867. The molecule has 52 heavy (non-hydrogen) atoms. The summed E-state index contributed by atoms with van der Waals surface area (Å²) in [5, 5.41) is 17.2. The van der Waals surface area contributed by atoms with Gasteiger partial charge >= 0.3 is 6.01 Å². The first-order valence-electron chi connectivity index (χ1n) is 18.7. The van der Waals surface area contributed by atoms with E-state index in [1.165, 1.54) is 6.07 Å². The topological polar surface area (TPSA) is 103 Å². The summed E-state index contributed by atoms with van der Waals surface area (Å²) in [6, 6.07) is 8.85. The first kappa shape index (κ1) is 34.6. The maximum absolute atomic E-state index is 15.1. The number of carbonyl (C=O) groups excluding carboxylic acids is 1. The molecule has 1 amide bonds. The molecule has 0 saturated carbocycles. The Balaban J connectivity index is 1.16. The van der Waals surface area contributed by atoms with E-state index in [0.717, 1.165) is 71.6 Å². The summed E-state index contributed by atoms with van der Waals surface area (Å²) < 4.78 is 38.3. The molecule has 0 spiro atoms. The zero-order chi connectivity index (χ0) is 36.3. The highest BCUT2D eigenvalue weighted by Gasteiger charge is 2.49. The van der Waals surface area contributed by atoms with Crippen molar-refractivity contribution < 1.29 is 23.4 Å². The monoisotopic (exact) mass is 714 g/mol. The van der Waals surface area contributed by atoms with Crippen LogP contribution in [0, 0.1) is 11.7 Å². The van der Waals surface area contributed by atoms with E-state index in [1.807, 2.05) is 31.5 Å². The van der Waals surface area contributed by atoms with Crippen LogP contribution in [0.2, 0.25) is 0 Å². The van der Waals surface area contributed by atoms with Crippen LogP contribution in [0.5, 0.6) is 11.8 Å². The number of hydrogen-bond donors (Lipinski definition) is 1. The number of phenolic OH excluding ortho intramolecular Hbond substituents is 1. The first-order valence-corrected chi connectivity index (χ1v) is 18.7.